The van der Waals surface area contributed by atoms with E-state index in [1.165, 1.54) is 0 Å². The van der Waals surface area contributed by atoms with Crippen molar-refractivity contribution in [3.63, 3.8) is 0 Å². The number of aromatic amines is 1. The number of fused-ring (bicyclic) bond motifs is 1. The fourth-order valence-corrected chi connectivity index (χ4v) is 3.39. The Labute approximate surface area is 114 Å². The second-order valence-corrected chi connectivity index (χ2v) is 5.85. The molecule has 0 amide bonds. The number of imidazole rings is 1. The number of likely N-dealkylation sites (tertiary alicyclic amines) is 1. The first-order valence-corrected chi connectivity index (χ1v) is 7.03. The van der Waals surface area contributed by atoms with Crippen molar-refractivity contribution in [3.8, 4) is 0 Å². The van der Waals surface area contributed by atoms with Gasteiger partial charge < -0.3 is 9.88 Å². The number of nitrogens with zero attached hydrogens (tertiary/aromatic N) is 2. The smallest absolute Gasteiger partial charge is 0.305 e. The number of halogens is 1. The van der Waals surface area contributed by atoms with E-state index in [0.29, 0.717) is 0 Å². The van der Waals surface area contributed by atoms with Crippen molar-refractivity contribution < 1.29 is 0 Å². The van der Waals surface area contributed by atoms with E-state index in [-0.39, 0.29) is 11.7 Å². The fourth-order valence-electron chi connectivity index (χ4n) is 2.84. The van der Waals surface area contributed by atoms with Gasteiger partial charge in [0.1, 0.15) is 0 Å². The van der Waals surface area contributed by atoms with Gasteiger partial charge in [-0.1, -0.05) is 6.07 Å². The second-order valence-electron chi connectivity index (χ2n) is 4.99. The first kappa shape index (κ1) is 12.0. The van der Waals surface area contributed by atoms with Crippen molar-refractivity contribution in [1.82, 2.24) is 14.5 Å². The molecule has 1 aliphatic rings. The number of piperidine rings is 1. The Kier molecular flexibility index (Phi) is 3.03. The van der Waals surface area contributed by atoms with Crippen molar-refractivity contribution in [2.24, 2.45) is 0 Å². The van der Waals surface area contributed by atoms with Gasteiger partial charge in [0.2, 0.25) is 0 Å². The summed E-state index contributed by atoms with van der Waals surface area (Å²) >= 11 is 3.55. The molecule has 4 nitrogen and oxygen atoms in total. The molecule has 96 valence electrons. The molecule has 5 heteroatoms. The van der Waals surface area contributed by atoms with E-state index in [1.807, 2.05) is 22.8 Å². The summed E-state index contributed by atoms with van der Waals surface area (Å²) in [7, 11) is 2.11. The lowest BCUT2D eigenvalue weighted by Gasteiger charge is -2.30. The molecule has 1 unspecified atom stereocenters. The summed E-state index contributed by atoms with van der Waals surface area (Å²) in [6, 6.07) is 6.15. The van der Waals surface area contributed by atoms with Gasteiger partial charge in [0.15, 0.2) is 0 Å². The molecule has 0 aliphatic carbocycles. The SMILES string of the molecule is CN1CCCC(n2c(=O)[nH]c3cccc(Br)c32)C1. The molecular formula is C13H16BrN3O. The molecule has 3 rings (SSSR count). The van der Waals surface area contributed by atoms with Crippen LogP contribution in [-0.2, 0) is 0 Å². The molecule has 0 spiro atoms. The molecule has 0 bridgehead atoms. The van der Waals surface area contributed by atoms with Crippen LogP contribution in [0.1, 0.15) is 18.9 Å². The largest absolute Gasteiger partial charge is 0.326 e. The normalized spacial score (nSPS) is 21.6. The zero-order valence-electron chi connectivity index (χ0n) is 10.3. The molecule has 0 radical (unpaired) electrons. The van der Waals surface area contributed by atoms with Gasteiger partial charge in [-0.2, -0.15) is 0 Å². The average molecular weight is 310 g/mol. The van der Waals surface area contributed by atoms with Crippen LogP contribution in [0.15, 0.2) is 27.5 Å². The molecule has 2 heterocycles. The number of benzene rings is 1. The third-order valence-corrected chi connectivity index (χ3v) is 4.29. The van der Waals surface area contributed by atoms with Gasteiger partial charge >= 0.3 is 5.69 Å². The molecule has 1 N–H and O–H groups in total. The van der Waals surface area contributed by atoms with Gasteiger partial charge in [-0.05, 0) is 54.5 Å². The van der Waals surface area contributed by atoms with Crippen LogP contribution in [0.2, 0.25) is 0 Å². The number of para-hydroxylation sites is 1. The lowest BCUT2D eigenvalue weighted by molar-refractivity contribution is 0.212. The number of H-pyrrole nitrogens is 1. The highest BCUT2D eigenvalue weighted by Crippen LogP contribution is 2.27. The van der Waals surface area contributed by atoms with Crippen LogP contribution >= 0.6 is 15.9 Å². The van der Waals surface area contributed by atoms with E-state index in [0.717, 1.165) is 41.4 Å². The molecule has 0 saturated carbocycles. The standard InChI is InChI=1S/C13H16BrN3O/c1-16-7-3-4-9(8-16)17-12-10(14)5-2-6-11(12)15-13(17)18/h2,5-6,9H,3-4,7-8H2,1H3,(H,15,18). The number of likely N-dealkylation sites (N-methyl/N-ethyl adjacent to an activating group) is 1. The van der Waals surface area contributed by atoms with Crippen LogP contribution in [0, 0.1) is 0 Å². The van der Waals surface area contributed by atoms with Crippen LogP contribution in [0.25, 0.3) is 11.0 Å². The first-order valence-electron chi connectivity index (χ1n) is 6.24. The molecule has 18 heavy (non-hydrogen) atoms. The average Bonchev–Trinajstić information content (AvgIpc) is 2.67. The predicted octanol–water partition coefficient (Wildman–Crippen LogP) is 2.36. The van der Waals surface area contributed by atoms with Gasteiger partial charge in [-0.3, -0.25) is 4.57 Å². The lowest BCUT2D eigenvalue weighted by Crippen LogP contribution is -2.36. The van der Waals surface area contributed by atoms with Crippen LogP contribution < -0.4 is 5.69 Å². The maximum atomic E-state index is 12.2. The third-order valence-electron chi connectivity index (χ3n) is 3.65. The molecule has 2 aromatic rings. The lowest BCUT2D eigenvalue weighted by atomic mass is 10.1. The quantitative estimate of drug-likeness (QED) is 0.878. The summed E-state index contributed by atoms with van der Waals surface area (Å²) in [6.45, 7) is 2.06. The Hall–Kier alpha value is -1.07. The Morgan fingerprint density at radius 3 is 3.06 bits per heavy atom. The monoisotopic (exact) mass is 309 g/mol. The maximum absolute atomic E-state index is 12.2. The zero-order valence-corrected chi connectivity index (χ0v) is 11.9. The van der Waals surface area contributed by atoms with E-state index in [2.05, 4.69) is 32.9 Å². The van der Waals surface area contributed by atoms with E-state index in [9.17, 15) is 4.79 Å². The van der Waals surface area contributed by atoms with Crippen LogP contribution in [-0.4, -0.2) is 34.6 Å². The zero-order chi connectivity index (χ0) is 12.7. The van der Waals surface area contributed by atoms with E-state index in [4.69, 9.17) is 0 Å². The summed E-state index contributed by atoms with van der Waals surface area (Å²) in [5, 5.41) is 0. The van der Waals surface area contributed by atoms with Gasteiger partial charge in [0.05, 0.1) is 17.1 Å². The predicted molar refractivity (Wildman–Crippen MR) is 76.0 cm³/mol. The number of nitrogens with one attached hydrogen (secondary N) is 1. The van der Waals surface area contributed by atoms with Gasteiger partial charge in [-0.15, -0.1) is 0 Å². The molecular weight excluding hydrogens is 294 g/mol. The maximum Gasteiger partial charge on any atom is 0.326 e. The Morgan fingerprint density at radius 2 is 2.28 bits per heavy atom. The van der Waals surface area contributed by atoms with Crippen molar-refractivity contribution >= 4 is 27.0 Å². The van der Waals surface area contributed by atoms with Crippen LogP contribution in [0.3, 0.4) is 0 Å². The second kappa shape index (κ2) is 4.55. The van der Waals surface area contributed by atoms with Crippen molar-refractivity contribution in [1.29, 1.82) is 0 Å². The van der Waals surface area contributed by atoms with Crippen molar-refractivity contribution in [2.75, 3.05) is 20.1 Å². The summed E-state index contributed by atoms with van der Waals surface area (Å²) < 4.78 is 2.89. The highest BCUT2D eigenvalue weighted by Gasteiger charge is 2.23. The minimum Gasteiger partial charge on any atom is -0.305 e. The number of rotatable bonds is 1. The minimum atomic E-state index is -0.00259. The molecule has 1 fully saturated rings. The molecule has 1 saturated heterocycles. The van der Waals surface area contributed by atoms with E-state index < -0.39 is 0 Å². The first-order chi connectivity index (χ1) is 8.66. The van der Waals surface area contributed by atoms with Gasteiger partial charge in [0.25, 0.3) is 0 Å². The molecule has 1 aromatic carbocycles. The summed E-state index contributed by atoms with van der Waals surface area (Å²) in [4.78, 5) is 17.4. The topological polar surface area (TPSA) is 41.0 Å². The Bertz CT molecular complexity index is 631. The number of aromatic nitrogens is 2. The van der Waals surface area contributed by atoms with Crippen molar-refractivity contribution in [3.05, 3.63) is 33.2 Å². The summed E-state index contributed by atoms with van der Waals surface area (Å²) in [5.74, 6) is 0. The van der Waals surface area contributed by atoms with E-state index in [1.54, 1.807) is 0 Å². The minimum absolute atomic E-state index is 0.00259. The van der Waals surface area contributed by atoms with E-state index >= 15 is 0 Å². The fraction of sp³-hybridized carbons (Fsp3) is 0.462. The summed E-state index contributed by atoms with van der Waals surface area (Å²) in [6.07, 6.45) is 2.21. The highest BCUT2D eigenvalue weighted by molar-refractivity contribution is 9.10. The number of hydrogen-bond donors (Lipinski definition) is 1. The van der Waals surface area contributed by atoms with Crippen molar-refractivity contribution in [2.45, 2.75) is 18.9 Å². The summed E-state index contributed by atoms with van der Waals surface area (Å²) in [5.41, 5.74) is 1.89. The molecule has 1 aromatic heterocycles. The Balaban J connectivity index is 2.16. The molecule has 1 atom stereocenters. The van der Waals surface area contributed by atoms with Gasteiger partial charge in [0, 0.05) is 11.0 Å². The van der Waals surface area contributed by atoms with Gasteiger partial charge in [-0.25, -0.2) is 4.79 Å². The van der Waals surface area contributed by atoms with Crippen LogP contribution in [0.5, 0.6) is 0 Å². The highest BCUT2D eigenvalue weighted by atomic mass is 79.9. The Morgan fingerprint density at radius 1 is 1.44 bits per heavy atom. The third kappa shape index (κ3) is 1.91. The number of hydrogen-bond acceptors (Lipinski definition) is 2. The molecule has 1 aliphatic heterocycles. The van der Waals surface area contributed by atoms with Crippen LogP contribution in [0.4, 0.5) is 0 Å².